The molecule has 7 heteroatoms. The first-order chi connectivity index (χ1) is 9.80. The summed E-state index contributed by atoms with van der Waals surface area (Å²) < 4.78 is 38.4. The number of alkyl halides is 3. The Hall–Kier alpha value is -2.70. The van der Waals surface area contributed by atoms with Gasteiger partial charge in [-0.1, -0.05) is 18.2 Å². The minimum absolute atomic E-state index is 0.327. The number of aromatic hydroxyl groups is 2. The first kappa shape index (κ1) is 14.7. The zero-order chi connectivity index (χ0) is 15.6. The van der Waals surface area contributed by atoms with E-state index in [1.165, 1.54) is 24.3 Å². The molecule has 0 bridgehead atoms. The number of carbonyl (C=O) groups excluding carboxylic acids is 1. The number of para-hydroxylation sites is 2. The van der Waals surface area contributed by atoms with E-state index >= 15 is 0 Å². The van der Waals surface area contributed by atoms with E-state index in [1.807, 2.05) is 0 Å². The highest BCUT2D eigenvalue weighted by atomic mass is 19.4. The van der Waals surface area contributed by atoms with Gasteiger partial charge in [-0.3, -0.25) is 4.79 Å². The van der Waals surface area contributed by atoms with E-state index in [0.717, 1.165) is 18.2 Å². The lowest BCUT2D eigenvalue weighted by Gasteiger charge is -2.14. The molecule has 1 amide bonds. The molecule has 21 heavy (non-hydrogen) atoms. The molecule has 0 aliphatic rings. The van der Waals surface area contributed by atoms with Crippen molar-refractivity contribution in [1.82, 2.24) is 0 Å². The predicted octanol–water partition coefficient (Wildman–Crippen LogP) is 3.37. The van der Waals surface area contributed by atoms with Gasteiger partial charge in [-0.15, -0.1) is 0 Å². The number of carbonyl (C=O) groups is 1. The lowest BCUT2D eigenvalue weighted by molar-refractivity contribution is -0.136. The molecule has 0 saturated heterocycles. The highest BCUT2D eigenvalue weighted by Crippen LogP contribution is 2.35. The van der Waals surface area contributed by atoms with Gasteiger partial charge >= 0.3 is 6.18 Å². The molecule has 2 aromatic carbocycles. The number of phenols is 2. The van der Waals surface area contributed by atoms with Crippen LogP contribution in [0.25, 0.3) is 0 Å². The summed E-state index contributed by atoms with van der Waals surface area (Å²) in [5, 5.41) is 20.9. The van der Waals surface area contributed by atoms with Gasteiger partial charge in [0.15, 0.2) is 11.5 Å². The second kappa shape index (κ2) is 5.35. The van der Waals surface area contributed by atoms with Crippen molar-refractivity contribution in [2.24, 2.45) is 0 Å². The summed E-state index contributed by atoms with van der Waals surface area (Å²) >= 11 is 0. The molecule has 0 saturated carbocycles. The molecule has 3 N–H and O–H groups in total. The summed E-state index contributed by atoms with van der Waals surface area (Å²) in [7, 11) is 0. The van der Waals surface area contributed by atoms with Crippen LogP contribution in [0.2, 0.25) is 0 Å². The average Bonchev–Trinajstić information content (AvgIpc) is 2.41. The van der Waals surface area contributed by atoms with E-state index in [-0.39, 0.29) is 5.56 Å². The van der Waals surface area contributed by atoms with Gasteiger partial charge in [-0.2, -0.15) is 13.2 Å². The number of hydrogen-bond acceptors (Lipinski definition) is 3. The summed E-state index contributed by atoms with van der Waals surface area (Å²) in [5.74, 6) is -2.19. The van der Waals surface area contributed by atoms with Gasteiger partial charge in [0.25, 0.3) is 5.91 Å². The van der Waals surface area contributed by atoms with Crippen molar-refractivity contribution in [1.29, 1.82) is 0 Å². The molecule has 0 fully saturated rings. The third-order valence-corrected chi connectivity index (χ3v) is 2.74. The molecule has 2 rings (SSSR count). The van der Waals surface area contributed by atoms with E-state index in [9.17, 15) is 28.2 Å². The molecular weight excluding hydrogens is 287 g/mol. The molecular formula is C14H10F3NO3. The molecule has 2 aromatic rings. The molecule has 4 nitrogen and oxygen atoms in total. The summed E-state index contributed by atoms with van der Waals surface area (Å²) in [6.07, 6.45) is -4.62. The smallest absolute Gasteiger partial charge is 0.418 e. The standard InChI is InChI=1S/C14H10F3NO3/c15-14(16,17)9-5-1-2-6-10(9)18-13(21)8-4-3-7-11(19)12(8)20/h1-7,19-20H,(H,18,21). The van der Waals surface area contributed by atoms with Gasteiger partial charge in [0.05, 0.1) is 16.8 Å². The Morgan fingerprint density at radius 2 is 1.67 bits per heavy atom. The Morgan fingerprint density at radius 3 is 2.33 bits per heavy atom. The van der Waals surface area contributed by atoms with Gasteiger partial charge in [-0.25, -0.2) is 0 Å². The predicted molar refractivity (Wildman–Crippen MR) is 69.2 cm³/mol. The van der Waals surface area contributed by atoms with Crippen LogP contribution in [0.5, 0.6) is 11.5 Å². The van der Waals surface area contributed by atoms with Crippen LogP contribution in [0, 0.1) is 0 Å². The largest absolute Gasteiger partial charge is 0.504 e. The maximum absolute atomic E-state index is 12.8. The number of amides is 1. The van der Waals surface area contributed by atoms with Crippen LogP contribution >= 0.6 is 0 Å². The summed E-state index contributed by atoms with van der Waals surface area (Å²) in [5.41, 5.74) is -1.76. The zero-order valence-corrected chi connectivity index (χ0v) is 10.5. The van der Waals surface area contributed by atoms with E-state index in [1.54, 1.807) is 0 Å². The highest BCUT2D eigenvalue weighted by molar-refractivity contribution is 6.07. The molecule has 0 unspecified atom stereocenters. The molecule has 0 heterocycles. The monoisotopic (exact) mass is 297 g/mol. The molecule has 0 aliphatic heterocycles. The van der Waals surface area contributed by atoms with Crippen LogP contribution < -0.4 is 5.32 Å². The third-order valence-electron chi connectivity index (χ3n) is 2.74. The Labute approximate surface area is 117 Å². The van der Waals surface area contributed by atoms with Gasteiger partial charge in [0.2, 0.25) is 0 Å². The van der Waals surface area contributed by atoms with Crippen molar-refractivity contribution in [3.05, 3.63) is 53.6 Å². The lowest BCUT2D eigenvalue weighted by atomic mass is 10.1. The number of nitrogens with one attached hydrogen (secondary N) is 1. The Kier molecular flexibility index (Phi) is 3.75. The normalized spacial score (nSPS) is 11.2. The highest BCUT2D eigenvalue weighted by Gasteiger charge is 2.33. The van der Waals surface area contributed by atoms with Gasteiger partial charge in [0, 0.05) is 0 Å². The van der Waals surface area contributed by atoms with Crippen molar-refractivity contribution in [2.45, 2.75) is 6.18 Å². The summed E-state index contributed by atoms with van der Waals surface area (Å²) in [4.78, 5) is 11.9. The maximum Gasteiger partial charge on any atom is 0.418 e. The fraction of sp³-hybridized carbons (Fsp3) is 0.0714. The second-order valence-corrected chi connectivity index (χ2v) is 4.17. The van der Waals surface area contributed by atoms with Crippen LogP contribution in [0.3, 0.4) is 0 Å². The van der Waals surface area contributed by atoms with E-state index < -0.39 is 34.8 Å². The summed E-state index contributed by atoms with van der Waals surface area (Å²) in [6, 6.07) is 8.09. The molecule has 0 aliphatic carbocycles. The van der Waals surface area contributed by atoms with Crippen molar-refractivity contribution in [3.63, 3.8) is 0 Å². The van der Waals surface area contributed by atoms with Crippen LogP contribution in [0.4, 0.5) is 18.9 Å². The number of halogens is 3. The van der Waals surface area contributed by atoms with E-state index in [4.69, 9.17) is 0 Å². The third kappa shape index (κ3) is 3.07. The van der Waals surface area contributed by atoms with Gasteiger partial charge < -0.3 is 15.5 Å². The first-order valence-corrected chi connectivity index (χ1v) is 5.79. The van der Waals surface area contributed by atoms with Crippen molar-refractivity contribution < 1.29 is 28.2 Å². The quantitative estimate of drug-likeness (QED) is 0.744. The maximum atomic E-state index is 12.8. The van der Waals surface area contributed by atoms with Crippen molar-refractivity contribution in [2.75, 3.05) is 5.32 Å². The molecule has 0 radical (unpaired) electrons. The average molecular weight is 297 g/mol. The minimum Gasteiger partial charge on any atom is -0.504 e. The first-order valence-electron chi connectivity index (χ1n) is 5.79. The Morgan fingerprint density at radius 1 is 1.00 bits per heavy atom. The van der Waals surface area contributed by atoms with Crippen LogP contribution in [-0.4, -0.2) is 16.1 Å². The zero-order valence-electron chi connectivity index (χ0n) is 10.5. The number of anilines is 1. The van der Waals surface area contributed by atoms with Gasteiger partial charge in [-0.05, 0) is 24.3 Å². The Balaban J connectivity index is 2.35. The lowest BCUT2D eigenvalue weighted by Crippen LogP contribution is -2.16. The van der Waals surface area contributed by atoms with E-state index in [0.29, 0.717) is 0 Å². The summed E-state index contributed by atoms with van der Waals surface area (Å²) in [6.45, 7) is 0. The molecule has 0 atom stereocenters. The Bertz CT molecular complexity index is 683. The van der Waals surface area contributed by atoms with Crippen LogP contribution in [0.1, 0.15) is 15.9 Å². The SMILES string of the molecule is O=C(Nc1ccccc1C(F)(F)F)c1cccc(O)c1O. The van der Waals surface area contributed by atoms with Crippen LogP contribution in [0.15, 0.2) is 42.5 Å². The van der Waals surface area contributed by atoms with E-state index in [2.05, 4.69) is 5.32 Å². The van der Waals surface area contributed by atoms with Crippen molar-refractivity contribution >= 4 is 11.6 Å². The second-order valence-electron chi connectivity index (χ2n) is 4.17. The molecule has 0 spiro atoms. The van der Waals surface area contributed by atoms with Gasteiger partial charge in [0.1, 0.15) is 0 Å². The molecule has 110 valence electrons. The van der Waals surface area contributed by atoms with Crippen LogP contribution in [-0.2, 0) is 6.18 Å². The topological polar surface area (TPSA) is 69.6 Å². The number of rotatable bonds is 2. The molecule has 0 aromatic heterocycles. The number of phenolic OH excluding ortho intramolecular Hbond substituents is 2. The minimum atomic E-state index is -4.62. The number of benzene rings is 2. The fourth-order valence-corrected chi connectivity index (χ4v) is 1.74. The number of hydrogen-bond donors (Lipinski definition) is 3. The van der Waals surface area contributed by atoms with Crippen molar-refractivity contribution in [3.8, 4) is 11.5 Å². The fourth-order valence-electron chi connectivity index (χ4n) is 1.74.